The fraction of sp³-hybridized carbons (Fsp3) is 0.763. The number of carbonyl (C=O) groups excluding carboxylic acids is 3. The zero-order chi connectivity index (χ0) is 33.9. The Labute approximate surface area is 286 Å². The van der Waals surface area contributed by atoms with Gasteiger partial charge in [-0.15, -0.1) is 0 Å². The van der Waals surface area contributed by atoms with Crippen molar-refractivity contribution in [2.24, 2.45) is 29.6 Å². The maximum absolute atomic E-state index is 14.4. The van der Waals surface area contributed by atoms with E-state index in [2.05, 4.69) is 53.5 Å². The Morgan fingerprint density at radius 2 is 1.94 bits per heavy atom. The Balaban J connectivity index is 1.19. The Hall–Kier alpha value is -2.21. The zero-order valence-corrected chi connectivity index (χ0v) is 29.5. The molecule has 10 nitrogen and oxygen atoms in total. The molecular formula is C38H61N4O6+3. The minimum Gasteiger partial charge on any atom is -0.463 e. The molecule has 4 fully saturated rings. The summed E-state index contributed by atoms with van der Waals surface area (Å²) in [6.45, 7) is 7.04. The second-order valence-electron chi connectivity index (χ2n) is 15.6. The molecule has 2 aliphatic heterocycles. The van der Waals surface area contributed by atoms with Crippen molar-refractivity contribution in [3.63, 3.8) is 0 Å². The lowest BCUT2D eigenvalue weighted by molar-refractivity contribution is -0.716. The van der Waals surface area contributed by atoms with Crippen molar-refractivity contribution in [3.05, 3.63) is 34.9 Å². The highest BCUT2D eigenvalue weighted by atomic mass is 16.7. The second kappa shape index (κ2) is 15.4. The third-order valence-electron chi connectivity index (χ3n) is 12.6. The Morgan fingerprint density at radius 3 is 2.69 bits per heavy atom. The third-order valence-corrected chi connectivity index (χ3v) is 12.6. The van der Waals surface area contributed by atoms with E-state index in [1.54, 1.807) is 0 Å². The van der Waals surface area contributed by atoms with E-state index >= 15 is 0 Å². The van der Waals surface area contributed by atoms with Gasteiger partial charge in [-0.1, -0.05) is 30.6 Å². The number of esters is 1. The number of hydrogen-bond acceptors (Lipinski definition) is 7. The molecule has 2 saturated carbocycles. The molecule has 0 bridgehead atoms. The minimum atomic E-state index is -1.90. The molecule has 0 radical (unpaired) electrons. The van der Waals surface area contributed by atoms with Crippen LogP contribution in [0.25, 0.3) is 0 Å². The van der Waals surface area contributed by atoms with Gasteiger partial charge in [-0.2, -0.15) is 0 Å². The molecule has 48 heavy (non-hydrogen) atoms. The Kier molecular flexibility index (Phi) is 11.4. The van der Waals surface area contributed by atoms with Gasteiger partial charge < -0.3 is 30.5 Å². The van der Waals surface area contributed by atoms with Crippen molar-refractivity contribution in [2.45, 2.75) is 114 Å². The molecule has 6 rings (SSSR count). The predicted molar refractivity (Wildman–Crippen MR) is 180 cm³/mol. The first-order valence-electron chi connectivity index (χ1n) is 19.1. The molecule has 4 aliphatic carbocycles. The molecule has 8 N–H and O–H groups in total. The van der Waals surface area contributed by atoms with Crippen molar-refractivity contribution in [1.29, 1.82) is 0 Å². The lowest BCUT2D eigenvalue weighted by Gasteiger charge is -2.37. The average molecular weight is 670 g/mol. The number of carbonyl (C=O) groups is 3. The average Bonchev–Trinajstić information content (AvgIpc) is 3.82. The first-order valence-corrected chi connectivity index (χ1v) is 19.1. The number of aliphatic hydroxyl groups is 1. The largest absolute Gasteiger partial charge is 0.463 e. The SMILES string of the molecule is CC[NH2+][C@H]1C=C2C=CCC[C@H]2C[C@H]1COC(=O)[C@]12O[C@@]1(CC(CO)=C(C)CCC1CC[NH2+]C(NC[NH2+]C)C1)C(=O)C1CCCCC1C2=O. The molecule has 0 aromatic carbocycles. The number of hydrogen-bond donors (Lipinski definition) is 5. The van der Waals surface area contributed by atoms with Crippen LogP contribution in [0.3, 0.4) is 0 Å². The number of quaternary nitrogens is 3. The van der Waals surface area contributed by atoms with Crippen molar-refractivity contribution >= 4 is 17.5 Å². The van der Waals surface area contributed by atoms with Crippen LogP contribution in [0.2, 0.25) is 0 Å². The van der Waals surface area contributed by atoms with Gasteiger partial charge in [-0.05, 0) is 94.3 Å². The quantitative estimate of drug-likeness (QED) is 0.0589. The maximum atomic E-state index is 14.4. The van der Waals surface area contributed by atoms with E-state index < -0.39 is 29.0 Å². The number of epoxide rings is 1. The number of ether oxygens (including phenoxy) is 2. The highest BCUT2D eigenvalue weighted by Gasteiger charge is 2.87. The van der Waals surface area contributed by atoms with Gasteiger partial charge in [0.2, 0.25) is 0 Å². The van der Waals surface area contributed by atoms with Crippen LogP contribution < -0.4 is 21.3 Å². The van der Waals surface area contributed by atoms with Gasteiger partial charge in [0.15, 0.2) is 17.2 Å². The molecule has 266 valence electrons. The van der Waals surface area contributed by atoms with Crippen LogP contribution in [0.5, 0.6) is 0 Å². The van der Waals surface area contributed by atoms with Crippen LogP contribution in [0, 0.1) is 29.6 Å². The highest BCUT2D eigenvalue weighted by molar-refractivity contribution is 6.23. The molecule has 0 amide bonds. The molecule has 6 aliphatic rings. The summed E-state index contributed by atoms with van der Waals surface area (Å²) in [4.78, 5) is 42.9. The summed E-state index contributed by atoms with van der Waals surface area (Å²) in [6.07, 6.45) is 17.5. The summed E-state index contributed by atoms with van der Waals surface area (Å²) in [7, 11) is 2.06. The standard InChI is InChI=1S/C38H58N4O6/c1-4-40-32-19-27-10-6-5-9-26(27)18-28(32)22-47-36(46)38-35(45)31-12-8-7-11-30(31)34(44)37(38,48-38)20-29(21-43)24(2)13-14-25-15-16-41-33(17-25)42-23-39-3/h6,10,19,25-26,28,30-33,39-43H,4-5,7-9,11-18,20-23H2,1-3H3/p+3/t25?,26-,28-,30?,31?,32-,33?,37-,38-/m0/s1. The number of Topliss-reactive ketones (excluding diaryl/α,β-unsaturated/α-hetero) is 2. The summed E-state index contributed by atoms with van der Waals surface area (Å²) in [5, 5.41) is 21.0. The van der Waals surface area contributed by atoms with Crippen molar-refractivity contribution in [1.82, 2.24) is 5.32 Å². The van der Waals surface area contributed by atoms with E-state index in [9.17, 15) is 19.5 Å². The van der Waals surface area contributed by atoms with Crippen LogP contribution in [0.4, 0.5) is 0 Å². The van der Waals surface area contributed by atoms with E-state index in [4.69, 9.17) is 9.47 Å². The van der Waals surface area contributed by atoms with Gasteiger partial charge in [-0.3, -0.25) is 9.59 Å². The van der Waals surface area contributed by atoms with Crippen molar-refractivity contribution in [2.75, 3.05) is 40.0 Å². The number of nitrogens with one attached hydrogen (secondary N) is 1. The van der Waals surface area contributed by atoms with Gasteiger partial charge in [0.25, 0.3) is 5.60 Å². The van der Waals surface area contributed by atoms with E-state index in [-0.39, 0.29) is 43.2 Å². The first-order chi connectivity index (χ1) is 23.3. The Morgan fingerprint density at radius 1 is 1.15 bits per heavy atom. The topological polar surface area (TPSA) is 155 Å². The molecule has 4 unspecified atom stereocenters. The lowest BCUT2D eigenvalue weighted by Crippen LogP contribution is -2.97. The summed E-state index contributed by atoms with van der Waals surface area (Å²) < 4.78 is 12.4. The molecule has 9 atom stereocenters. The van der Waals surface area contributed by atoms with E-state index in [1.807, 2.05) is 6.92 Å². The fourth-order valence-electron chi connectivity index (χ4n) is 9.77. The molecule has 2 saturated heterocycles. The van der Waals surface area contributed by atoms with Crippen LogP contribution >= 0.6 is 0 Å². The number of rotatable bonds is 14. The molecular weight excluding hydrogens is 608 g/mol. The number of nitrogens with two attached hydrogens (primary N) is 3. The zero-order valence-electron chi connectivity index (χ0n) is 29.5. The number of fused-ring (bicyclic) bond motifs is 3. The maximum Gasteiger partial charge on any atom is 0.350 e. The van der Waals surface area contributed by atoms with Gasteiger partial charge in [0.05, 0.1) is 26.7 Å². The van der Waals surface area contributed by atoms with Crippen LogP contribution in [-0.2, 0) is 23.9 Å². The van der Waals surface area contributed by atoms with E-state index in [1.165, 1.54) is 5.57 Å². The number of piperidine rings is 1. The minimum absolute atomic E-state index is 0.0728. The fourth-order valence-corrected chi connectivity index (χ4v) is 9.77. The number of allylic oxidation sites excluding steroid dienone is 4. The molecule has 10 heteroatoms. The van der Waals surface area contributed by atoms with Gasteiger partial charge in [-0.25, -0.2) is 10.1 Å². The van der Waals surface area contributed by atoms with Gasteiger partial charge >= 0.3 is 5.97 Å². The monoisotopic (exact) mass is 669 g/mol. The van der Waals surface area contributed by atoms with Crippen LogP contribution in [0.15, 0.2) is 34.9 Å². The number of aliphatic hydroxyl groups excluding tert-OH is 1. The van der Waals surface area contributed by atoms with Crippen molar-refractivity contribution in [3.8, 4) is 0 Å². The van der Waals surface area contributed by atoms with Gasteiger partial charge in [0, 0.05) is 30.6 Å². The normalized spacial score (nSPS) is 37.9. The predicted octanol–water partition coefficient (Wildman–Crippen LogP) is 0.379. The van der Waals surface area contributed by atoms with Crippen molar-refractivity contribution < 1.29 is 44.9 Å². The number of ketones is 2. The summed E-state index contributed by atoms with van der Waals surface area (Å²) in [6, 6.07) is 0.190. The third kappa shape index (κ3) is 6.77. The van der Waals surface area contributed by atoms with E-state index in [0.717, 1.165) is 83.1 Å². The molecule has 0 aromatic heterocycles. The molecule has 0 aromatic rings. The highest BCUT2D eigenvalue weighted by Crippen LogP contribution is 2.62. The second-order valence-corrected chi connectivity index (χ2v) is 15.6. The smallest absolute Gasteiger partial charge is 0.350 e. The summed E-state index contributed by atoms with van der Waals surface area (Å²) in [5.74, 6) is -0.873. The van der Waals surface area contributed by atoms with Crippen LogP contribution in [-0.4, -0.2) is 86.1 Å². The lowest BCUT2D eigenvalue weighted by atomic mass is 9.60. The summed E-state index contributed by atoms with van der Waals surface area (Å²) >= 11 is 0. The molecule has 2 heterocycles. The Bertz CT molecular complexity index is 1310. The molecule has 0 spiro atoms. The van der Waals surface area contributed by atoms with Gasteiger partial charge in [0.1, 0.15) is 25.5 Å². The summed E-state index contributed by atoms with van der Waals surface area (Å²) in [5.41, 5.74) is -0.352. The van der Waals surface area contributed by atoms with Crippen LogP contribution in [0.1, 0.15) is 90.9 Å². The first kappa shape index (κ1) is 35.6. The number of likely N-dealkylation sites (N-methyl/N-ethyl adjacent to an activating group) is 1. The van der Waals surface area contributed by atoms with E-state index in [0.29, 0.717) is 36.4 Å².